The zero-order chi connectivity index (χ0) is 21.6. The maximum atomic E-state index is 12.6. The van der Waals surface area contributed by atoms with E-state index in [4.69, 9.17) is 4.74 Å². The molecular formula is C20H22N2O6S. The molecule has 1 amide bonds. The molecule has 0 aliphatic rings. The normalized spacial score (nSPS) is 11.2. The Balaban J connectivity index is 2.02. The summed E-state index contributed by atoms with van der Waals surface area (Å²) in [6.45, 7) is 2.60. The molecule has 0 fully saturated rings. The minimum atomic E-state index is -3.92. The molecule has 0 radical (unpaired) electrons. The molecule has 2 rings (SSSR count). The molecule has 0 saturated heterocycles. The number of nitrogens with zero attached hydrogens (tertiary/aromatic N) is 1. The summed E-state index contributed by atoms with van der Waals surface area (Å²) in [6, 6.07) is 11.7. The highest BCUT2D eigenvalue weighted by molar-refractivity contribution is 7.89. The van der Waals surface area contributed by atoms with E-state index in [9.17, 15) is 22.8 Å². The number of esters is 1. The SMILES string of the molecule is CCC(=O)c1ccc(OC(=O)CN(C)S(=O)(=O)c2ccc(NC(C)=O)cc2)cc1. The largest absolute Gasteiger partial charge is 0.426 e. The van der Waals surface area contributed by atoms with Gasteiger partial charge in [0, 0.05) is 31.6 Å². The average Bonchev–Trinajstić information content (AvgIpc) is 2.67. The number of amides is 1. The maximum absolute atomic E-state index is 12.6. The van der Waals surface area contributed by atoms with Crippen molar-refractivity contribution < 1.29 is 27.5 Å². The van der Waals surface area contributed by atoms with E-state index >= 15 is 0 Å². The standard InChI is InChI=1S/C20H22N2O6S/c1-4-19(24)15-5-9-17(10-6-15)28-20(25)13-22(3)29(26,27)18-11-7-16(8-12-18)21-14(2)23/h5-12H,4,13H2,1-3H3,(H,21,23). The fourth-order valence-electron chi connectivity index (χ4n) is 2.44. The Labute approximate surface area is 169 Å². The number of sulfonamides is 1. The van der Waals surface area contributed by atoms with Gasteiger partial charge in [-0.1, -0.05) is 6.92 Å². The quantitative estimate of drug-likeness (QED) is 0.401. The molecule has 2 aromatic carbocycles. The highest BCUT2D eigenvalue weighted by atomic mass is 32.2. The smallest absolute Gasteiger partial charge is 0.326 e. The van der Waals surface area contributed by atoms with Gasteiger partial charge in [0.15, 0.2) is 5.78 Å². The number of likely N-dealkylation sites (N-methyl/N-ethyl adjacent to an activating group) is 1. The van der Waals surface area contributed by atoms with Gasteiger partial charge in [-0.3, -0.25) is 14.4 Å². The number of carbonyl (C=O) groups excluding carboxylic acids is 3. The first-order valence-corrected chi connectivity index (χ1v) is 10.3. The van der Waals surface area contributed by atoms with Crippen molar-refractivity contribution in [2.24, 2.45) is 0 Å². The summed E-state index contributed by atoms with van der Waals surface area (Å²) in [4.78, 5) is 34.7. The summed E-state index contributed by atoms with van der Waals surface area (Å²) in [5, 5.41) is 2.54. The Hall–Kier alpha value is -3.04. The number of hydrogen-bond acceptors (Lipinski definition) is 6. The third-order valence-corrected chi connectivity index (χ3v) is 5.78. The molecule has 0 aliphatic carbocycles. The molecule has 0 spiro atoms. The number of ketones is 1. The number of anilines is 1. The Morgan fingerprint density at radius 1 is 1.00 bits per heavy atom. The number of rotatable bonds is 8. The van der Waals surface area contributed by atoms with Gasteiger partial charge in [-0.2, -0.15) is 4.31 Å². The minimum absolute atomic E-state index is 0.0238. The molecule has 2 aromatic rings. The predicted octanol–water partition coefficient (Wildman–Crippen LogP) is 2.46. The van der Waals surface area contributed by atoms with E-state index in [-0.39, 0.29) is 22.3 Å². The van der Waals surface area contributed by atoms with Crippen molar-refractivity contribution in [1.29, 1.82) is 0 Å². The fourth-order valence-corrected chi connectivity index (χ4v) is 3.55. The average molecular weight is 418 g/mol. The van der Waals surface area contributed by atoms with Crippen molar-refractivity contribution in [3.8, 4) is 5.75 Å². The van der Waals surface area contributed by atoms with E-state index < -0.39 is 22.5 Å². The molecular weight excluding hydrogens is 396 g/mol. The van der Waals surface area contributed by atoms with Crippen molar-refractivity contribution in [3.05, 3.63) is 54.1 Å². The third kappa shape index (κ3) is 5.97. The van der Waals surface area contributed by atoms with Crippen LogP contribution in [0, 0.1) is 0 Å². The number of Topliss-reactive ketones (excluding diaryl/α,β-unsaturated/α-hetero) is 1. The molecule has 0 unspecified atom stereocenters. The van der Waals surface area contributed by atoms with Crippen LogP contribution in [0.15, 0.2) is 53.4 Å². The summed E-state index contributed by atoms with van der Waals surface area (Å²) < 4.78 is 31.2. The molecule has 0 aliphatic heterocycles. The van der Waals surface area contributed by atoms with Gasteiger partial charge >= 0.3 is 5.97 Å². The number of benzene rings is 2. The van der Waals surface area contributed by atoms with E-state index in [0.29, 0.717) is 17.7 Å². The molecule has 0 heterocycles. The number of hydrogen-bond donors (Lipinski definition) is 1. The van der Waals surface area contributed by atoms with Crippen molar-refractivity contribution in [2.75, 3.05) is 18.9 Å². The van der Waals surface area contributed by atoms with E-state index in [1.165, 1.54) is 50.4 Å². The monoisotopic (exact) mass is 418 g/mol. The van der Waals surface area contributed by atoms with Crippen LogP contribution in [-0.2, 0) is 19.6 Å². The first kappa shape index (κ1) is 22.3. The van der Waals surface area contributed by atoms with E-state index in [1.54, 1.807) is 19.1 Å². The summed E-state index contributed by atoms with van der Waals surface area (Å²) >= 11 is 0. The Morgan fingerprint density at radius 2 is 1.59 bits per heavy atom. The van der Waals surface area contributed by atoms with Crippen molar-refractivity contribution in [2.45, 2.75) is 25.2 Å². The molecule has 0 bridgehead atoms. The molecule has 154 valence electrons. The van der Waals surface area contributed by atoms with Gasteiger partial charge < -0.3 is 10.1 Å². The van der Waals surface area contributed by atoms with Crippen LogP contribution in [-0.4, -0.2) is 44.0 Å². The van der Waals surface area contributed by atoms with E-state index in [1.807, 2.05) is 0 Å². The fraction of sp³-hybridized carbons (Fsp3) is 0.250. The molecule has 29 heavy (non-hydrogen) atoms. The molecule has 9 heteroatoms. The van der Waals surface area contributed by atoms with Gasteiger partial charge in [0.25, 0.3) is 0 Å². The van der Waals surface area contributed by atoms with Gasteiger partial charge in [0.2, 0.25) is 15.9 Å². The zero-order valence-corrected chi connectivity index (χ0v) is 17.2. The van der Waals surface area contributed by atoms with E-state index in [2.05, 4.69) is 5.32 Å². The highest BCUT2D eigenvalue weighted by Gasteiger charge is 2.24. The third-order valence-electron chi connectivity index (χ3n) is 3.96. The Morgan fingerprint density at radius 3 is 2.10 bits per heavy atom. The second kappa shape index (κ2) is 9.44. The second-order valence-electron chi connectivity index (χ2n) is 6.24. The molecule has 1 N–H and O–H groups in total. The zero-order valence-electron chi connectivity index (χ0n) is 16.3. The van der Waals surface area contributed by atoms with Crippen molar-refractivity contribution in [1.82, 2.24) is 4.31 Å². The molecule has 0 saturated carbocycles. The summed E-state index contributed by atoms with van der Waals surface area (Å²) in [5.41, 5.74) is 0.971. The van der Waals surface area contributed by atoms with Gasteiger partial charge in [-0.15, -0.1) is 0 Å². The molecule has 0 aromatic heterocycles. The van der Waals surface area contributed by atoms with Crippen LogP contribution in [0.2, 0.25) is 0 Å². The van der Waals surface area contributed by atoms with Crippen molar-refractivity contribution >= 4 is 33.4 Å². The van der Waals surface area contributed by atoms with Crippen molar-refractivity contribution in [3.63, 3.8) is 0 Å². The van der Waals surface area contributed by atoms with Crippen LogP contribution >= 0.6 is 0 Å². The number of ether oxygens (including phenoxy) is 1. The lowest BCUT2D eigenvalue weighted by molar-refractivity contribution is -0.134. The van der Waals surface area contributed by atoms with E-state index in [0.717, 1.165) is 4.31 Å². The highest BCUT2D eigenvalue weighted by Crippen LogP contribution is 2.18. The Bertz CT molecular complexity index is 998. The van der Waals surface area contributed by atoms with Gasteiger partial charge in [-0.05, 0) is 48.5 Å². The summed E-state index contributed by atoms with van der Waals surface area (Å²) in [5.74, 6) is -0.848. The minimum Gasteiger partial charge on any atom is -0.426 e. The predicted molar refractivity (Wildman–Crippen MR) is 107 cm³/mol. The van der Waals surface area contributed by atoms with Crippen LogP contribution in [0.25, 0.3) is 0 Å². The summed E-state index contributed by atoms with van der Waals surface area (Å²) in [7, 11) is -2.65. The lowest BCUT2D eigenvalue weighted by Gasteiger charge is -2.16. The van der Waals surface area contributed by atoms with Crippen LogP contribution in [0.1, 0.15) is 30.6 Å². The molecule has 0 atom stereocenters. The van der Waals surface area contributed by atoms with Crippen LogP contribution in [0.5, 0.6) is 5.75 Å². The second-order valence-corrected chi connectivity index (χ2v) is 8.29. The molecule has 8 nitrogen and oxygen atoms in total. The van der Waals surface area contributed by atoms with Gasteiger partial charge in [-0.25, -0.2) is 8.42 Å². The van der Waals surface area contributed by atoms with Gasteiger partial charge in [0.1, 0.15) is 12.3 Å². The topological polar surface area (TPSA) is 110 Å². The lowest BCUT2D eigenvalue weighted by Crippen LogP contribution is -2.34. The Kier molecular flexibility index (Phi) is 7.24. The van der Waals surface area contributed by atoms with Crippen LogP contribution in [0.3, 0.4) is 0 Å². The first-order valence-electron chi connectivity index (χ1n) is 8.81. The lowest BCUT2D eigenvalue weighted by atomic mass is 10.1. The van der Waals surface area contributed by atoms with Crippen LogP contribution < -0.4 is 10.1 Å². The number of nitrogens with one attached hydrogen (secondary N) is 1. The summed E-state index contributed by atoms with van der Waals surface area (Å²) in [6.07, 6.45) is 0.369. The van der Waals surface area contributed by atoms with Crippen LogP contribution in [0.4, 0.5) is 5.69 Å². The number of carbonyl (C=O) groups is 3. The first-order chi connectivity index (χ1) is 13.6. The maximum Gasteiger partial charge on any atom is 0.326 e. The van der Waals surface area contributed by atoms with Gasteiger partial charge in [0.05, 0.1) is 4.90 Å².